The van der Waals surface area contributed by atoms with Gasteiger partial charge >= 0.3 is 0 Å². The number of fused-ring (bicyclic) bond motifs is 1. The molecule has 4 rings (SSSR count). The van der Waals surface area contributed by atoms with E-state index in [2.05, 4.69) is 10.2 Å². The van der Waals surface area contributed by atoms with Gasteiger partial charge in [0.05, 0.1) is 10.7 Å². The number of piperazine rings is 1. The minimum atomic E-state index is -0.257. The smallest absolute Gasteiger partial charge is 0.262 e. The van der Waals surface area contributed by atoms with Crippen molar-refractivity contribution in [1.82, 2.24) is 4.90 Å². The van der Waals surface area contributed by atoms with Crippen LogP contribution in [0, 0.1) is 0 Å². The standard InChI is InChI=1S/C24H24ClN3O3/c1-17(29)27-10-12-28(13-11-27)23-9-7-20(15-22(23)25)26-24(30)16-31-21-8-6-18-4-2-3-5-19(18)14-21/h2-9,14-15H,10-13,16H2,1H3,(H,26,30). The van der Waals surface area contributed by atoms with Gasteiger partial charge in [0.2, 0.25) is 5.91 Å². The molecule has 1 aliphatic heterocycles. The van der Waals surface area contributed by atoms with Gasteiger partial charge in [0, 0.05) is 38.8 Å². The van der Waals surface area contributed by atoms with Gasteiger partial charge in [-0.15, -0.1) is 0 Å². The molecule has 2 amide bonds. The number of amides is 2. The van der Waals surface area contributed by atoms with Gasteiger partial charge < -0.3 is 19.9 Å². The molecule has 0 atom stereocenters. The summed E-state index contributed by atoms with van der Waals surface area (Å²) in [5, 5.41) is 5.57. The Balaban J connectivity index is 1.33. The molecule has 0 aliphatic carbocycles. The molecule has 1 N–H and O–H groups in total. The Kier molecular flexibility index (Phi) is 6.28. The summed E-state index contributed by atoms with van der Waals surface area (Å²) >= 11 is 6.47. The van der Waals surface area contributed by atoms with Gasteiger partial charge in [-0.25, -0.2) is 0 Å². The highest BCUT2D eigenvalue weighted by atomic mass is 35.5. The number of hydrogen-bond donors (Lipinski definition) is 1. The molecule has 0 saturated carbocycles. The maximum Gasteiger partial charge on any atom is 0.262 e. The summed E-state index contributed by atoms with van der Waals surface area (Å²) < 4.78 is 5.64. The van der Waals surface area contributed by atoms with Crippen LogP contribution in [0.3, 0.4) is 0 Å². The number of carbonyl (C=O) groups excluding carboxylic acids is 2. The minimum absolute atomic E-state index is 0.0923. The maximum atomic E-state index is 12.3. The summed E-state index contributed by atoms with van der Waals surface area (Å²) in [6.45, 7) is 4.30. The summed E-state index contributed by atoms with van der Waals surface area (Å²) in [5.41, 5.74) is 1.51. The average molecular weight is 438 g/mol. The van der Waals surface area contributed by atoms with Crippen LogP contribution in [0.1, 0.15) is 6.92 Å². The van der Waals surface area contributed by atoms with Crippen molar-refractivity contribution < 1.29 is 14.3 Å². The Labute approximate surface area is 186 Å². The average Bonchev–Trinajstić information content (AvgIpc) is 2.78. The van der Waals surface area contributed by atoms with Crippen LogP contribution in [0.5, 0.6) is 5.75 Å². The highest BCUT2D eigenvalue weighted by Crippen LogP contribution is 2.30. The topological polar surface area (TPSA) is 61.9 Å². The van der Waals surface area contributed by atoms with Gasteiger partial charge in [0.25, 0.3) is 5.91 Å². The van der Waals surface area contributed by atoms with Gasteiger partial charge in [-0.1, -0.05) is 41.9 Å². The third kappa shape index (κ3) is 5.09. The van der Waals surface area contributed by atoms with E-state index in [1.54, 1.807) is 13.0 Å². The van der Waals surface area contributed by atoms with Crippen LogP contribution in [-0.2, 0) is 9.59 Å². The van der Waals surface area contributed by atoms with Gasteiger partial charge in [0.1, 0.15) is 5.75 Å². The summed E-state index contributed by atoms with van der Waals surface area (Å²) in [7, 11) is 0. The molecule has 7 heteroatoms. The molecule has 1 saturated heterocycles. The summed E-state index contributed by atoms with van der Waals surface area (Å²) in [5.74, 6) is 0.480. The van der Waals surface area contributed by atoms with Crippen LogP contribution >= 0.6 is 11.6 Å². The van der Waals surface area contributed by atoms with E-state index >= 15 is 0 Å². The van der Waals surface area contributed by atoms with Crippen molar-refractivity contribution in [2.75, 3.05) is 43.0 Å². The second-order valence-corrected chi connectivity index (χ2v) is 7.91. The molecule has 1 aliphatic rings. The maximum absolute atomic E-state index is 12.3. The highest BCUT2D eigenvalue weighted by Gasteiger charge is 2.20. The van der Waals surface area contributed by atoms with Crippen molar-refractivity contribution in [1.29, 1.82) is 0 Å². The van der Waals surface area contributed by atoms with Crippen molar-refractivity contribution in [3.63, 3.8) is 0 Å². The Bertz CT molecular complexity index is 1110. The van der Waals surface area contributed by atoms with Gasteiger partial charge in [-0.3, -0.25) is 9.59 Å². The zero-order valence-electron chi connectivity index (χ0n) is 17.3. The van der Waals surface area contributed by atoms with Crippen molar-refractivity contribution in [3.8, 4) is 5.75 Å². The molecule has 1 heterocycles. The number of hydrogen-bond acceptors (Lipinski definition) is 4. The van der Waals surface area contributed by atoms with E-state index in [1.165, 1.54) is 0 Å². The molecule has 160 valence electrons. The molecule has 0 unspecified atom stereocenters. The molecule has 6 nitrogen and oxygen atoms in total. The minimum Gasteiger partial charge on any atom is -0.484 e. The Morgan fingerprint density at radius 3 is 2.42 bits per heavy atom. The second kappa shape index (κ2) is 9.27. The lowest BCUT2D eigenvalue weighted by molar-refractivity contribution is -0.129. The number of ether oxygens (including phenoxy) is 1. The van der Waals surface area contributed by atoms with Crippen LogP contribution < -0.4 is 15.0 Å². The highest BCUT2D eigenvalue weighted by molar-refractivity contribution is 6.33. The molecule has 3 aromatic carbocycles. The van der Waals surface area contributed by atoms with Crippen molar-refractivity contribution in [2.45, 2.75) is 6.92 Å². The number of benzene rings is 3. The molecule has 1 fully saturated rings. The predicted molar refractivity (Wildman–Crippen MR) is 124 cm³/mol. The van der Waals surface area contributed by atoms with Crippen LogP contribution in [0.4, 0.5) is 11.4 Å². The fourth-order valence-electron chi connectivity index (χ4n) is 3.71. The Morgan fingerprint density at radius 2 is 1.71 bits per heavy atom. The van der Waals surface area contributed by atoms with Crippen LogP contribution in [-0.4, -0.2) is 49.5 Å². The largest absolute Gasteiger partial charge is 0.484 e. The normalized spacial score (nSPS) is 13.9. The van der Waals surface area contributed by atoms with Gasteiger partial charge in [-0.2, -0.15) is 0 Å². The van der Waals surface area contributed by atoms with E-state index in [0.29, 0.717) is 29.5 Å². The van der Waals surface area contributed by atoms with E-state index < -0.39 is 0 Å². The van der Waals surface area contributed by atoms with E-state index in [1.807, 2.05) is 59.5 Å². The van der Waals surface area contributed by atoms with Crippen molar-refractivity contribution in [3.05, 3.63) is 65.7 Å². The Morgan fingerprint density at radius 1 is 0.968 bits per heavy atom. The molecular formula is C24H24ClN3O3. The second-order valence-electron chi connectivity index (χ2n) is 7.51. The first-order valence-electron chi connectivity index (χ1n) is 10.2. The monoisotopic (exact) mass is 437 g/mol. The van der Waals surface area contributed by atoms with E-state index in [4.69, 9.17) is 16.3 Å². The molecule has 31 heavy (non-hydrogen) atoms. The lowest BCUT2D eigenvalue weighted by atomic mass is 10.1. The van der Waals surface area contributed by atoms with E-state index in [0.717, 1.165) is 29.5 Å². The molecule has 0 radical (unpaired) electrons. The van der Waals surface area contributed by atoms with Gasteiger partial charge in [-0.05, 0) is 41.1 Å². The number of nitrogens with zero attached hydrogens (tertiary/aromatic N) is 2. The number of rotatable bonds is 5. The zero-order chi connectivity index (χ0) is 21.8. The lowest BCUT2D eigenvalue weighted by Crippen LogP contribution is -2.48. The number of halogens is 1. The SMILES string of the molecule is CC(=O)N1CCN(c2ccc(NC(=O)COc3ccc4ccccc4c3)cc2Cl)CC1. The first-order chi connectivity index (χ1) is 15.0. The predicted octanol–water partition coefficient (Wildman–Crippen LogP) is 4.18. The third-order valence-electron chi connectivity index (χ3n) is 5.39. The first kappa shape index (κ1) is 21.0. The number of carbonyl (C=O) groups is 2. The summed E-state index contributed by atoms with van der Waals surface area (Å²) in [6.07, 6.45) is 0. The van der Waals surface area contributed by atoms with E-state index in [-0.39, 0.29) is 18.4 Å². The van der Waals surface area contributed by atoms with E-state index in [9.17, 15) is 9.59 Å². The lowest BCUT2D eigenvalue weighted by Gasteiger charge is -2.36. The molecule has 3 aromatic rings. The van der Waals surface area contributed by atoms with Crippen LogP contribution in [0.25, 0.3) is 10.8 Å². The fraction of sp³-hybridized carbons (Fsp3) is 0.250. The van der Waals surface area contributed by atoms with Crippen molar-refractivity contribution >= 4 is 45.6 Å². The van der Waals surface area contributed by atoms with Gasteiger partial charge in [0.15, 0.2) is 6.61 Å². The molecule has 0 spiro atoms. The zero-order valence-corrected chi connectivity index (χ0v) is 18.1. The Hall–Kier alpha value is -3.25. The number of anilines is 2. The third-order valence-corrected chi connectivity index (χ3v) is 5.69. The summed E-state index contributed by atoms with van der Waals surface area (Å²) in [6, 6.07) is 19.2. The molecule has 0 bridgehead atoms. The van der Waals surface area contributed by atoms with Crippen LogP contribution in [0.2, 0.25) is 5.02 Å². The van der Waals surface area contributed by atoms with Crippen molar-refractivity contribution in [2.24, 2.45) is 0 Å². The fourth-order valence-corrected chi connectivity index (χ4v) is 4.01. The quantitative estimate of drug-likeness (QED) is 0.650. The first-order valence-corrected chi connectivity index (χ1v) is 10.6. The molecule has 0 aromatic heterocycles. The molecular weight excluding hydrogens is 414 g/mol. The number of nitrogens with one attached hydrogen (secondary N) is 1. The van der Waals surface area contributed by atoms with Crippen LogP contribution in [0.15, 0.2) is 60.7 Å². The summed E-state index contributed by atoms with van der Waals surface area (Å²) in [4.78, 5) is 27.8.